The SMILES string of the molecule is COCCSc1ncc(C(=O)N(C)c2cccnc2)n1C. The van der Waals surface area contributed by atoms with Crippen molar-refractivity contribution in [1.29, 1.82) is 0 Å². The highest BCUT2D eigenvalue weighted by Gasteiger charge is 2.19. The Morgan fingerprint density at radius 2 is 2.29 bits per heavy atom. The molecule has 0 saturated carbocycles. The highest BCUT2D eigenvalue weighted by molar-refractivity contribution is 7.99. The van der Waals surface area contributed by atoms with Gasteiger partial charge in [0.15, 0.2) is 5.16 Å². The van der Waals surface area contributed by atoms with Gasteiger partial charge in [-0.25, -0.2) is 4.98 Å². The van der Waals surface area contributed by atoms with Crippen LogP contribution in [0.1, 0.15) is 10.5 Å². The normalized spacial score (nSPS) is 10.6. The van der Waals surface area contributed by atoms with Gasteiger partial charge in [-0.1, -0.05) is 11.8 Å². The molecule has 0 radical (unpaired) electrons. The predicted molar refractivity (Wildman–Crippen MR) is 82.8 cm³/mol. The second-order valence-electron chi connectivity index (χ2n) is 4.40. The first-order chi connectivity index (χ1) is 10.1. The summed E-state index contributed by atoms with van der Waals surface area (Å²) in [6, 6.07) is 3.64. The van der Waals surface area contributed by atoms with Crippen LogP contribution in [0.25, 0.3) is 0 Å². The number of carbonyl (C=O) groups is 1. The summed E-state index contributed by atoms with van der Waals surface area (Å²) < 4.78 is 6.81. The van der Waals surface area contributed by atoms with Crippen molar-refractivity contribution in [2.24, 2.45) is 7.05 Å². The molecule has 2 rings (SSSR count). The number of methoxy groups -OCH3 is 1. The maximum atomic E-state index is 12.5. The molecule has 0 aliphatic carbocycles. The fraction of sp³-hybridized carbons (Fsp3) is 0.357. The molecule has 2 heterocycles. The van der Waals surface area contributed by atoms with E-state index in [4.69, 9.17) is 4.74 Å². The van der Waals surface area contributed by atoms with Gasteiger partial charge in [-0.2, -0.15) is 0 Å². The smallest absolute Gasteiger partial charge is 0.276 e. The number of hydrogen-bond acceptors (Lipinski definition) is 5. The van der Waals surface area contributed by atoms with Gasteiger partial charge in [0.05, 0.1) is 24.7 Å². The number of amides is 1. The van der Waals surface area contributed by atoms with Crippen LogP contribution in [0.4, 0.5) is 5.69 Å². The van der Waals surface area contributed by atoms with Crippen LogP contribution in [0, 0.1) is 0 Å². The molecule has 0 spiro atoms. The van der Waals surface area contributed by atoms with Crippen molar-refractivity contribution in [1.82, 2.24) is 14.5 Å². The number of carbonyl (C=O) groups excluding carboxylic acids is 1. The molecule has 0 aliphatic heterocycles. The summed E-state index contributed by atoms with van der Waals surface area (Å²) in [5, 5.41) is 0.801. The summed E-state index contributed by atoms with van der Waals surface area (Å²) in [6.45, 7) is 0.649. The molecule has 0 aromatic carbocycles. The lowest BCUT2D eigenvalue weighted by molar-refractivity contribution is 0.0984. The summed E-state index contributed by atoms with van der Waals surface area (Å²) in [7, 11) is 5.23. The molecule has 0 unspecified atom stereocenters. The number of imidazole rings is 1. The van der Waals surface area contributed by atoms with Crippen molar-refractivity contribution >= 4 is 23.4 Å². The van der Waals surface area contributed by atoms with Crippen LogP contribution in [-0.2, 0) is 11.8 Å². The first-order valence-electron chi connectivity index (χ1n) is 6.46. The van der Waals surface area contributed by atoms with E-state index in [1.54, 1.807) is 60.0 Å². The molecule has 0 bridgehead atoms. The Morgan fingerprint density at radius 3 is 2.95 bits per heavy atom. The second-order valence-corrected chi connectivity index (χ2v) is 5.46. The molecular weight excluding hydrogens is 288 g/mol. The number of thioether (sulfide) groups is 1. The number of anilines is 1. The molecule has 0 N–H and O–H groups in total. The van der Waals surface area contributed by atoms with Crippen LogP contribution in [0.5, 0.6) is 0 Å². The minimum absolute atomic E-state index is 0.114. The molecule has 0 fully saturated rings. The molecule has 2 aromatic rings. The molecule has 0 aliphatic rings. The maximum Gasteiger partial charge on any atom is 0.276 e. The molecule has 7 heteroatoms. The van der Waals surface area contributed by atoms with Crippen LogP contribution < -0.4 is 4.90 Å². The lowest BCUT2D eigenvalue weighted by atomic mass is 10.3. The summed E-state index contributed by atoms with van der Waals surface area (Å²) in [6.07, 6.45) is 4.93. The number of aromatic nitrogens is 3. The number of rotatable bonds is 6. The fourth-order valence-corrected chi connectivity index (χ4v) is 2.63. The van der Waals surface area contributed by atoms with Crippen LogP contribution in [0.3, 0.4) is 0 Å². The zero-order valence-electron chi connectivity index (χ0n) is 12.3. The molecule has 112 valence electrons. The number of ether oxygens (including phenoxy) is 1. The molecule has 1 amide bonds. The van der Waals surface area contributed by atoms with Crippen LogP contribution >= 0.6 is 11.8 Å². The van der Waals surface area contributed by atoms with Crippen molar-refractivity contribution in [2.45, 2.75) is 5.16 Å². The molecular formula is C14H18N4O2S. The Kier molecular flexibility index (Phi) is 5.35. The van der Waals surface area contributed by atoms with Gasteiger partial charge in [-0.15, -0.1) is 0 Å². The molecule has 6 nitrogen and oxygen atoms in total. The summed E-state index contributed by atoms with van der Waals surface area (Å²) >= 11 is 1.56. The first kappa shape index (κ1) is 15.5. The highest BCUT2D eigenvalue weighted by Crippen LogP contribution is 2.19. The van der Waals surface area contributed by atoms with Gasteiger partial charge in [0.2, 0.25) is 0 Å². The number of nitrogens with zero attached hydrogens (tertiary/aromatic N) is 4. The van der Waals surface area contributed by atoms with Gasteiger partial charge in [0.1, 0.15) is 5.69 Å². The summed E-state index contributed by atoms with van der Waals surface area (Å²) in [4.78, 5) is 22.4. The largest absolute Gasteiger partial charge is 0.384 e. The van der Waals surface area contributed by atoms with Gasteiger partial charge < -0.3 is 14.2 Å². The molecule has 21 heavy (non-hydrogen) atoms. The number of pyridine rings is 1. The van der Waals surface area contributed by atoms with Crippen molar-refractivity contribution in [2.75, 3.05) is 31.4 Å². The average molecular weight is 306 g/mol. The van der Waals surface area contributed by atoms with E-state index in [0.29, 0.717) is 12.3 Å². The van der Waals surface area contributed by atoms with Crippen molar-refractivity contribution < 1.29 is 9.53 Å². The van der Waals surface area contributed by atoms with Gasteiger partial charge in [-0.05, 0) is 12.1 Å². The van der Waals surface area contributed by atoms with Gasteiger partial charge >= 0.3 is 0 Å². The minimum atomic E-state index is -0.114. The average Bonchev–Trinajstić information content (AvgIpc) is 2.88. The fourth-order valence-electron chi connectivity index (χ4n) is 1.78. The van der Waals surface area contributed by atoms with Gasteiger partial charge in [0.25, 0.3) is 5.91 Å². The lowest BCUT2D eigenvalue weighted by Crippen LogP contribution is -2.28. The Balaban J connectivity index is 2.13. The van der Waals surface area contributed by atoms with E-state index in [9.17, 15) is 4.79 Å². The molecule has 0 atom stereocenters. The van der Waals surface area contributed by atoms with E-state index < -0.39 is 0 Å². The highest BCUT2D eigenvalue weighted by atomic mass is 32.2. The van der Waals surface area contributed by atoms with E-state index in [2.05, 4.69) is 9.97 Å². The maximum absolute atomic E-state index is 12.5. The topological polar surface area (TPSA) is 60.2 Å². The van der Waals surface area contributed by atoms with E-state index in [1.807, 2.05) is 13.1 Å². The van der Waals surface area contributed by atoms with Gasteiger partial charge in [0, 0.05) is 33.2 Å². The lowest BCUT2D eigenvalue weighted by Gasteiger charge is -2.16. The summed E-state index contributed by atoms with van der Waals surface area (Å²) in [5.41, 5.74) is 1.29. The Morgan fingerprint density at radius 1 is 1.48 bits per heavy atom. The monoisotopic (exact) mass is 306 g/mol. The third-order valence-corrected chi connectivity index (χ3v) is 4.03. The molecule has 0 saturated heterocycles. The molecule has 2 aromatic heterocycles. The standard InChI is InChI=1S/C14H18N4O2S/c1-17(11-5-4-6-15-9-11)13(19)12-10-16-14(18(12)2)21-8-7-20-3/h4-6,9-10H,7-8H2,1-3H3. The predicted octanol–water partition coefficient (Wildman–Crippen LogP) is 1.83. The van der Waals surface area contributed by atoms with Crippen LogP contribution in [-0.4, -0.2) is 47.0 Å². The van der Waals surface area contributed by atoms with E-state index in [-0.39, 0.29) is 5.91 Å². The van der Waals surface area contributed by atoms with E-state index in [1.165, 1.54) is 0 Å². The van der Waals surface area contributed by atoms with Gasteiger partial charge in [-0.3, -0.25) is 9.78 Å². The van der Waals surface area contributed by atoms with Crippen molar-refractivity contribution in [3.05, 3.63) is 36.4 Å². The quantitative estimate of drug-likeness (QED) is 0.602. The first-order valence-corrected chi connectivity index (χ1v) is 7.45. The Hall–Kier alpha value is -1.86. The van der Waals surface area contributed by atoms with Crippen LogP contribution in [0.2, 0.25) is 0 Å². The van der Waals surface area contributed by atoms with Crippen LogP contribution in [0.15, 0.2) is 35.9 Å². The minimum Gasteiger partial charge on any atom is -0.384 e. The van der Waals surface area contributed by atoms with E-state index in [0.717, 1.165) is 16.6 Å². The number of hydrogen-bond donors (Lipinski definition) is 0. The Bertz CT molecular complexity index is 600. The van der Waals surface area contributed by atoms with E-state index >= 15 is 0 Å². The second kappa shape index (κ2) is 7.24. The third-order valence-electron chi connectivity index (χ3n) is 3.02. The third kappa shape index (κ3) is 3.62. The Labute approximate surface area is 128 Å². The summed E-state index contributed by atoms with van der Waals surface area (Å²) in [5.74, 6) is 0.685. The zero-order valence-corrected chi connectivity index (χ0v) is 13.1. The van der Waals surface area contributed by atoms with Crippen molar-refractivity contribution in [3.8, 4) is 0 Å². The van der Waals surface area contributed by atoms with Crippen molar-refractivity contribution in [3.63, 3.8) is 0 Å². The zero-order chi connectivity index (χ0) is 15.2.